The van der Waals surface area contributed by atoms with Crippen LogP contribution in [0.4, 0.5) is 4.79 Å². The molecule has 0 bridgehead atoms. The molecule has 0 saturated carbocycles. The number of amides is 2. The molecule has 5 nitrogen and oxygen atoms in total. The van der Waals surface area contributed by atoms with Crippen molar-refractivity contribution >= 4 is 6.03 Å². The van der Waals surface area contributed by atoms with Crippen molar-refractivity contribution in [3.8, 4) is 0 Å². The lowest BCUT2D eigenvalue weighted by molar-refractivity contribution is -0.0332. The highest BCUT2D eigenvalue weighted by Gasteiger charge is 2.41. The summed E-state index contributed by atoms with van der Waals surface area (Å²) in [5.74, 6) is 0. The number of ether oxygens (including phenoxy) is 1. The molecule has 0 aromatic rings. The van der Waals surface area contributed by atoms with Gasteiger partial charge < -0.3 is 14.5 Å². The number of nitrogens with zero attached hydrogens (tertiary/aromatic N) is 3. The zero-order chi connectivity index (χ0) is 13.8. The van der Waals surface area contributed by atoms with Gasteiger partial charge in [0.05, 0.1) is 12.3 Å². The van der Waals surface area contributed by atoms with Crippen molar-refractivity contribution in [3.05, 3.63) is 0 Å². The lowest BCUT2D eigenvalue weighted by atomic mass is 9.91. The van der Waals surface area contributed by atoms with Crippen LogP contribution in [0.1, 0.15) is 26.7 Å². The molecule has 2 aliphatic heterocycles. The van der Waals surface area contributed by atoms with Gasteiger partial charge in [-0.2, -0.15) is 0 Å². The first-order chi connectivity index (χ1) is 8.52. The highest BCUT2D eigenvalue weighted by atomic mass is 16.5. The monoisotopic (exact) mass is 257 g/mol. The summed E-state index contributed by atoms with van der Waals surface area (Å²) < 4.78 is 5.86. The van der Waals surface area contributed by atoms with Crippen LogP contribution in [0.3, 0.4) is 0 Å². The minimum Gasteiger partial charge on any atom is -0.358 e. The Labute approximate surface area is 111 Å². The molecule has 1 spiro atoms. The Morgan fingerprint density at radius 2 is 1.78 bits per heavy atom. The number of rotatable bonds is 0. The molecule has 0 aliphatic carbocycles. The van der Waals surface area contributed by atoms with Gasteiger partial charge in [0.1, 0.15) is 0 Å². The largest absolute Gasteiger partial charge is 0.358 e. The van der Waals surface area contributed by atoms with E-state index in [4.69, 9.17) is 4.74 Å². The number of likely N-dealkylation sites (tertiary alicyclic amines) is 1. The standard InChI is InChI=1S/C11H21N3O2.C2H6/c1-12(2)10(15)14-6-4-11(5-7-14)8-13(3)9-16-11;1-2/h4-9H2,1-3H3;1-2H3. The molecule has 2 saturated heterocycles. The van der Waals surface area contributed by atoms with Crippen molar-refractivity contribution in [3.63, 3.8) is 0 Å². The Morgan fingerprint density at radius 3 is 2.17 bits per heavy atom. The van der Waals surface area contributed by atoms with E-state index in [0.717, 1.165) is 39.2 Å². The van der Waals surface area contributed by atoms with Crippen molar-refractivity contribution in [2.24, 2.45) is 0 Å². The fourth-order valence-electron chi connectivity index (χ4n) is 2.52. The SMILES string of the molecule is CC.CN1COC2(CCN(C(=O)N(C)C)CC2)C1. The summed E-state index contributed by atoms with van der Waals surface area (Å²) >= 11 is 0. The van der Waals surface area contributed by atoms with Crippen LogP contribution in [0.25, 0.3) is 0 Å². The molecule has 0 N–H and O–H groups in total. The first-order valence-corrected chi connectivity index (χ1v) is 6.81. The molecule has 0 aromatic carbocycles. The molecule has 0 aromatic heterocycles. The highest BCUT2D eigenvalue weighted by Crippen LogP contribution is 2.31. The maximum absolute atomic E-state index is 11.8. The zero-order valence-electron chi connectivity index (χ0n) is 12.4. The molecule has 18 heavy (non-hydrogen) atoms. The van der Waals surface area contributed by atoms with Crippen molar-refractivity contribution in [2.45, 2.75) is 32.3 Å². The van der Waals surface area contributed by atoms with E-state index in [0.29, 0.717) is 0 Å². The number of likely N-dealkylation sites (N-methyl/N-ethyl adjacent to an activating group) is 1. The second kappa shape index (κ2) is 6.38. The molecule has 106 valence electrons. The maximum atomic E-state index is 11.8. The number of carbonyl (C=O) groups is 1. The zero-order valence-corrected chi connectivity index (χ0v) is 12.4. The Bertz CT molecular complexity index is 273. The Hall–Kier alpha value is -0.810. The van der Waals surface area contributed by atoms with E-state index in [2.05, 4.69) is 11.9 Å². The van der Waals surface area contributed by atoms with Gasteiger partial charge >= 0.3 is 6.03 Å². The van der Waals surface area contributed by atoms with Crippen LogP contribution < -0.4 is 0 Å². The predicted molar refractivity (Wildman–Crippen MR) is 72.6 cm³/mol. The minimum atomic E-state index is 0.0117. The third kappa shape index (κ3) is 3.36. The van der Waals surface area contributed by atoms with E-state index < -0.39 is 0 Å². The summed E-state index contributed by atoms with van der Waals surface area (Å²) in [5.41, 5.74) is 0.0117. The van der Waals surface area contributed by atoms with Crippen LogP contribution in [0.2, 0.25) is 0 Å². The second-order valence-corrected chi connectivity index (χ2v) is 5.13. The van der Waals surface area contributed by atoms with Crippen LogP contribution in [0.15, 0.2) is 0 Å². The van der Waals surface area contributed by atoms with Gasteiger partial charge in [-0.25, -0.2) is 4.79 Å². The normalized spacial score (nSPS) is 22.6. The smallest absolute Gasteiger partial charge is 0.319 e. The Morgan fingerprint density at radius 1 is 1.22 bits per heavy atom. The fraction of sp³-hybridized carbons (Fsp3) is 0.923. The van der Waals surface area contributed by atoms with Crippen LogP contribution in [-0.2, 0) is 4.74 Å². The second-order valence-electron chi connectivity index (χ2n) is 5.13. The number of piperidine rings is 1. The Balaban J connectivity index is 0.000000771. The van der Waals surface area contributed by atoms with Crippen LogP contribution in [0.5, 0.6) is 0 Å². The van der Waals surface area contributed by atoms with E-state index in [1.165, 1.54) is 0 Å². The number of carbonyl (C=O) groups excluding carboxylic acids is 1. The summed E-state index contributed by atoms with van der Waals surface area (Å²) in [6, 6.07) is 0.112. The molecule has 2 amide bonds. The van der Waals surface area contributed by atoms with Gasteiger partial charge in [-0.1, -0.05) is 13.8 Å². The lowest BCUT2D eigenvalue weighted by Gasteiger charge is -2.39. The highest BCUT2D eigenvalue weighted by molar-refractivity contribution is 5.73. The minimum absolute atomic E-state index is 0.0117. The van der Waals surface area contributed by atoms with Gasteiger partial charge in [0.2, 0.25) is 0 Å². The maximum Gasteiger partial charge on any atom is 0.319 e. The van der Waals surface area contributed by atoms with Gasteiger partial charge in [0.25, 0.3) is 0 Å². The average Bonchev–Trinajstić information content (AvgIpc) is 2.73. The third-order valence-electron chi connectivity index (χ3n) is 3.48. The van der Waals surface area contributed by atoms with Crippen molar-refractivity contribution < 1.29 is 9.53 Å². The summed E-state index contributed by atoms with van der Waals surface area (Å²) in [7, 11) is 5.67. The summed E-state index contributed by atoms with van der Waals surface area (Å²) in [6.45, 7) is 7.34. The van der Waals surface area contributed by atoms with Crippen LogP contribution in [-0.4, -0.2) is 73.8 Å². The van der Waals surface area contributed by atoms with E-state index in [9.17, 15) is 4.79 Å². The lowest BCUT2D eigenvalue weighted by Crippen LogP contribution is -2.50. The van der Waals surface area contributed by atoms with E-state index in [-0.39, 0.29) is 11.6 Å². The molecular formula is C13H27N3O2. The van der Waals surface area contributed by atoms with Gasteiger partial charge in [-0.3, -0.25) is 4.90 Å². The van der Waals surface area contributed by atoms with Gasteiger partial charge in [-0.15, -0.1) is 0 Å². The van der Waals surface area contributed by atoms with E-state index >= 15 is 0 Å². The molecular weight excluding hydrogens is 230 g/mol. The topological polar surface area (TPSA) is 36.0 Å². The molecule has 2 fully saturated rings. The first kappa shape index (κ1) is 15.2. The van der Waals surface area contributed by atoms with E-state index in [1.807, 2.05) is 18.7 Å². The number of hydrogen-bond donors (Lipinski definition) is 0. The quantitative estimate of drug-likeness (QED) is 0.659. The summed E-state index contributed by atoms with van der Waals surface area (Å²) in [4.78, 5) is 17.5. The summed E-state index contributed by atoms with van der Waals surface area (Å²) in [5, 5.41) is 0. The molecule has 2 rings (SSSR count). The number of hydrogen-bond acceptors (Lipinski definition) is 3. The van der Waals surface area contributed by atoms with Gasteiger partial charge in [-0.05, 0) is 19.9 Å². The first-order valence-electron chi connectivity index (χ1n) is 6.81. The molecule has 2 aliphatic rings. The van der Waals surface area contributed by atoms with Gasteiger partial charge in [0, 0.05) is 33.7 Å². The molecule has 0 unspecified atom stereocenters. The molecule has 0 radical (unpaired) electrons. The van der Waals surface area contributed by atoms with Crippen LogP contribution in [0, 0.1) is 0 Å². The van der Waals surface area contributed by atoms with Crippen molar-refractivity contribution in [1.82, 2.24) is 14.7 Å². The van der Waals surface area contributed by atoms with Crippen LogP contribution >= 0.6 is 0 Å². The molecule has 2 heterocycles. The predicted octanol–water partition coefficient (Wildman–Crippen LogP) is 1.45. The average molecular weight is 257 g/mol. The van der Waals surface area contributed by atoms with E-state index in [1.54, 1.807) is 19.0 Å². The fourth-order valence-corrected chi connectivity index (χ4v) is 2.52. The number of urea groups is 1. The Kier molecular flexibility index (Phi) is 5.41. The molecule has 5 heteroatoms. The van der Waals surface area contributed by atoms with Gasteiger partial charge in [0.15, 0.2) is 0 Å². The summed E-state index contributed by atoms with van der Waals surface area (Å²) in [6.07, 6.45) is 1.91. The molecule has 0 atom stereocenters. The van der Waals surface area contributed by atoms with Crippen molar-refractivity contribution in [1.29, 1.82) is 0 Å². The van der Waals surface area contributed by atoms with Crippen molar-refractivity contribution in [2.75, 3.05) is 47.5 Å². The third-order valence-corrected chi connectivity index (χ3v) is 3.48.